The van der Waals surface area contributed by atoms with Gasteiger partial charge in [0.1, 0.15) is 5.82 Å². The number of H-pyrrole nitrogens is 1. The van der Waals surface area contributed by atoms with Gasteiger partial charge in [0.05, 0.1) is 21.7 Å². The molecule has 3 N–H and O–H groups in total. The van der Waals surface area contributed by atoms with Crippen LogP contribution >= 0.6 is 11.6 Å². The third-order valence-electron chi connectivity index (χ3n) is 5.77. The average Bonchev–Trinajstić information content (AvgIpc) is 3.17. The van der Waals surface area contributed by atoms with Crippen molar-refractivity contribution >= 4 is 40.2 Å². The fourth-order valence-electron chi connectivity index (χ4n) is 4.08. The summed E-state index contributed by atoms with van der Waals surface area (Å²) in [5.41, 5.74) is 3.75. The number of amides is 2. The lowest BCUT2D eigenvalue weighted by atomic mass is 9.90. The lowest BCUT2D eigenvalue weighted by molar-refractivity contribution is 0.210. The van der Waals surface area contributed by atoms with E-state index in [4.69, 9.17) is 16.6 Å². The minimum absolute atomic E-state index is 0.365. The summed E-state index contributed by atoms with van der Waals surface area (Å²) in [4.78, 5) is 23.0. The number of nitrogens with one attached hydrogen (secondary N) is 3. The number of pyridine rings is 1. The van der Waals surface area contributed by atoms with Crippen LogP contribution in [0, 0.1) is 0 Å². The fraction of sp³-hybridized carbons (Fsp3) is 0.391. The first-order chi connectivity index (χ1) is 14.6. The standard InChI is InChI=1S/C23H28ClN5O/c1-2-3-12-29-13-10-16(11-14-29)17-15-25-20-8-9-21(27-22(17)20)28-23(30)26-19-7-5-4-6-18(19)24/h4-9,15-16,25H,2-3,10-14H2,1H3,(H2,26,27,28,30). The molecule has 6 nitrogen and oxygen atoms in total. The number of nitrogens with zero attached hydrogens (tertiary/aromatic N) is 2. The Labute approximate surface area is 182 Å². The Morgan fingerprint density at radius 1 is 1.20 bits per heavy atom. The molecule has 1 aliphatic rings. The predicted octanol–water partition coefficient (Wildman–Crippen LogP) is 5.84. The Hall–Kier alpha value is -2.57. The van der Waals surface area contributed by atoms with Crippen molar-refractivity contribution in [1.82, 2.24) is 14.9 Å². The predicted molar refractivity (Wildman–Crippen MR) is 124 cm³/mol. The molecule has 0 spiro atoms. The highest BCUT2D eigenvalue weighted by Gasteiger charge is 2.23. The molecule has 0 bridgehead atoms. The molecule has 3 heterocycles. The molecular weight excluding hydrogens is 398 g/mol. The zero-order valence-corrected chi connectivity index (χ0v) is 18.0. The third kappa shape index (κ3) is 4.77. The maximum Gasteiger partial charge on any atom is 0.324 e. The number of benzene rings is 1. The molecule has 3 aromatic rings. The molecule has 0 saturated carbocycles. The molecule has 1 fully saturated rings. The maximum absolute atomic E-state index is 12.4. The van der Waals surface area contributed by atoms with Crippen molar-refractivity contribution in [2.75, 3.05) is 30.3 Å². The van der Waals surface area contributed by atoms with E-state index < -0.39 is 0 Å². The van der Waals surface area contributed by atoms with E-state index >= 15 is 0 Å². The summed E-state index contributed by atoms with van der Waals surface area (Å²) < 4.78 is 0. The van der Waals surface area contributed by atoms with E-state index in [2.05, 4.69) is 33.6 Å². The second kappa shape index (κ2) is 9.49. The largest absolute Gasteiger partial charge is 0.360 e. The number of aromatic nitrogens is 2. The summed E-state index contributed by atoms with van der Waals surface area (Å²) in [7, 11) is 0. The van der Waals surface area contributed by atoms with Gasteiger partial charge in [0, 0.05) is 6.20 Å². The van der Waals surface area contributed by atoms with Gasteiger partial charge in [0.15, 0.2) is 0 Å². The van der Waals surface area contributed by atoms with Gasteiger partial charge in [0.25, 0.3) is 0 Å². The average molecular weight is 426 g/mol. The number of para-hydroxylation sites is 1. The van der Waals surface area contributed by atoms with E-state index in [1.807, 2.05) is 24.3 Å². The number of likely N-dealkylation sites (tertiary alicyclic amines) is 1. The second-order valence-electron chi connectivity index (χ2n) is 7.87. The Kier molecular flexibility index (Phi) is 6.55. The molecule has 0 atom stereocenters. The quantitative estimate of drug-likeness (QED) is 0.464. The summed E-state index contributed by atoms with van der Waals surface area (Å²) in [5, 5.41) is 6.08. The zero-order chi connectivity index (χ0) is 20.9. The van der Waals surface area contributed by atoms with Crippen molar-refractivity contribution in [2.24, 2.45) is 0 Å². The zero-order valence-electron chi connectivity index (χ0n) is 17.2. The summed E-state index contributed by atoms with van der Waals surface area (Å²) in [6.45, 7) is 5.71. The number of anilines is 2. The smallest absolute Gasteiger partial charge is 0.324 e. The van der Waals surface area contributed by atoms with Gasteiger partial charge >= 0.3 is 6.03 Å². The van der Waals surface area contributed by atoms with Crippen molar-refractivity contribution in [3.05, 3.63) is 53.2 Å². The Morgan fingerprint density at radius 2 is 2.00 bits per heavy atom. The summed E-state index contributed by atoms with van der Waals surface area (Å²) >= 11 is 6.11. The monoisotopic (exact) mass is 425 g/mol. The number of fused-ring (bicyclic) bond motifs is 1. The van der Waals surface area contributed by atoms with E-state index in [0.29, 0.717) is 22.4 Å². The molecule has 1 aromatic carbocycles. The lowest BCUT2D eigenvalue weighted by Gasteiger charge is -2.31. The fourth-order valence-corrected chi connectivity index (χ4v) is 4.27. The minimum Gasteiger partial charge on any atom is -0.360 e. The molecule has 4 rings (SSSR count). The number of rotatable bonds is 6. The summed E-state index contributed by atoms with van der Waals surface area (Å²) in [6, 6.07) is 10.6. The lowest BCUT2D eigenvalue weighted by Crippen LogP contribution is -2.33. The van der Waals surface area contributed by atoms with Gasteiger partial charge < -0.3 is 15.2 Å². The van der Waals surface area contributed by atoms with Crippen molar-refractivity contribution in [2.45, 2.75) is 38.5 Å². The van der Waals surface area contributed by atoms with Gasteiger partial charge in [-0.15, -0.1) is 0 Å². The number of halogens is 1. The normalized spacial score (nSPS) is 15.4. The highest BCUT2D eigenvalue weighted by molar-refractivity contribution is 6.33. The van der Waals surface area contributed by atoms with Crippen LogP contribution in [-0.4, -0.2) is 40.5 Å². The molecule has 2 aromatic heterocycles. The van der Waals surface area contributed by atoms with E-state index in [9.17, 15) is 4.79 Å². The van der Waals surface area contributed by atoms with Crippen LogP contribution in [0.4, 0.5) is 16.3 Å². The van der Waals surface area contributed by atoms with Crippen LogP contribution in [0.2, 0.25) is 5.02 Å². The van der Waals surface area contributed by atoms with Gasteiger partial charge in [-0.1, -0.05) is 37.1 Å². The Balaban J connectivity index is 1.44. The van der Waals surface area contributed by atoms with Crippen molar-refractivity contribution in [3.8, 4) is 0 Å². The van der Waals surface area contributed by atoms with Crippen molar-refractivity contribution in [3.63, 3.8) is 0 Å². The molecule has 1 aliphatic heterocycles. The van der Waals surface area contributed by atoms with Gasteiger partial charge in [-0.3, -0.25) is 5.32 Å². The SMILES string of the molecule is CCCCN1CCC(c2c[nH]c3ccc(NC(=O)Nc4ccccc4Cl)nc23)CC1. The van der Waals surface area contributed by atoms with Crippen molar-refractivity contribution < 1.29 is 4.79 Å². The van der Waals surface area contributed by atoms with Gasteiger partial charge in [-0.05, 0) is 74.6 Å². The minimum atomic E-state index is -0.365. The molecule has 0 unspecified atom stereocenters. The van der Waals surface area contributed by atoms with Crippen LogP contribution in [0.25, 0.3) is 11.0 Å². The first-order valence-electron chi connectivity index (χ1n) is 10.7. The first-order valence-corrected chi connectivity index (χ1v) is 11.0. The van der Waals surface area contributed by atoms with Crippen LogP contribution in [0.3, 0.4) is 0 Å². The van der Waals surface area contributed by atoms with Gasteiger partial charge in [-0.2, -0.15) is 0 Å². The first kappa shape index (κ1) is 20.7. The number of hydrogen-bond acceptors (Lipinski definition) is 3. The number of carbonyl (C=O) groups is 1. The molecule has 7 heteroatoms. The summed E-state index contributed by atoms with van der Waals surface area (Å²) in [6.07, 6.45) is 6.88. The third-order valence-corrected chi connectivity index (χ3v) is 6.10. The van der Waals surface area contributed by atoms with Crippen LogP contribution in [0.1, 0.15) is 44.1 Å². The molecule has 1 saturated heterocycles. The number of piperidine rings is 1. The van der Waals surface area contributed by atoms with Gasteiger partial charge in [-0.25, -0.2) is 9.78 Å². The number of carbonyl (C=O) groups excluding carboxylic acids is 1. The number of aromatic amines is 1. The highest BCUT2D eigenvalue weighted by Crippen LogP contribution is 2.33. The second-order valence-corrected chi connectivity index (χ2v) is 8.27. The number of urea groups is 1. The number of hydrogen-bond donors (Lipinski definition) is 3. The summed E-state index contributed by atoms with van der Waals surface area (Å²) in [5.74, 6) is 1.02. The van der Waals surface area contributed by atoms with E-state index in [1.54, 1.807) is 12.1 Å². The van der Waals surface area contributed by atoms with Crippen LogP contribution in [0.5, 0.6) is 0 Å². The number of unbranched alkanes of at least 4 members (excludes halogenated alkanes) is 1. The Morgan fingerprint density at radius 3 is 2.77 bits per heavy atom. The van der Waals surface area contributed by atoms with E-state index in [-0.39, 0.29) is 6.03 Å². The highest BCUT2D eigenvalue weighted by atomic mass is 35.5. The van der Waals surface area contributed by atoms with Gasteiger partial charge in [0.2, 0.25) is 0 Å². The van der Waals surface area contributed by atoms with Crippen LogP contribution in [0.15, 0.2) is 42.6 Å². The molecule has 0 radical (unpaired) electrons. The molecule has 2 amide bonds. The van der Waals surface area contributed by atoms with Crippen LogP contribution < -0.4 is 10.6 Å². The van der Waals surface area contributed by atoms with E-state index in [0.717, 1.165) is 37.0 Å². The topological polar surface area (TPSA) is 73.1 Å². The Bertz CT molecular complexity index is 1010. The molecule has 30 heavy (non-hydrogen) atoms. The molecule has 0 aliphatic carbocycles. The van der Waals surface area contributed by atoms with E-state index in [1.165, 1.54) is 24.9 Å². The van der Waals surface area contributed by atoms with Crippen LogP contribution in [-0.2, 0) is 0 Å². The molecular formula is C23H28ClN5O. The molecule has 158 valence electrons. The maximum atomic E-state index is 12.4. The van der Waals surface area contributed by atoms with Crippen molar-refractivity contribution in [1.29, 1.82) is 0 Å².